The van der Waals surface area contributed by atoms with Gasteiger partial charge in [-0.2, -0.15) is 0 Å². The Labute approximate surface area is 115 Å². The van der Waals surface area contributed by atoms with Gasteiger partial charge in [-0.05, 0) is 31.7 Å². The number of esters is 1. The smallest absolute Gasteiger partial charge is 0.326 e. The van der Waals surface area contributed by atoms with E-state index in [0.29, 0.717) is 25.7 Å². The Morgan fingerprint density at radius 2 is 2.26 bits per heavy atom. The summed E-state index contributed by atoms with van der Waals surface area (Å²) >= 11 is 0. The number of carbonyl (C=O) groups is 1. The normalized spacial score (nSPS) is 31.2. The van der Waals surface area contributed by atoms with Crippen molar-refractivity contribution in [3.8, 4) is 0 Å². The molecule has 2 atom stereocenters. The van der Waals surface area contributed by atoms with E-state index in [0.717, 1.165) is 32.2 Å². The molecular formula is C14H25NO4. The van der Waals surface area contributed by atoms with Gasteiger partial charge in [0.2, 0.25) is 0 Å². The number of rotatable bonds is 7. The van der Waals surface area contributed by atoms with Crippen molar-refractivity contribution in [3.05, 3.63) is 0 Å². The van der Waals surface area contributed by atoms with Crippen molar-refractivity contribution in [1.29, 1.82) is 0 Å². The summed E-state index contributed by atoms with van der Waals surface area (Å²) in [6.45, 7) is 4.92. The third-order valence-electron chi connectivity index (χ3n) is 4.29. The van der Waals surface area contributed by atoms with Gasteiger partial charge in [-0.1, -0.05) is 13.3 Å². The van der Waals surface area contributed by atoms with E-state index in [-0.39, 0.29) is 12.1 Å². The maximum Gasteiger partial charge on any atom is 0.326 e. The quantitative estimate of drug-likeness (QED) is 0.703. The van der Waals surface area contributed by atoms with Gasteiger partial charge in [-0.25, -0.2) is 0 Å². The second-order valence-electron chi connectivity index (χ2n) is 5.40. The van der Waals surface area contributed by atoms with Crippen LogP contribution in [0.2, 0.25) is 0 Å². The topological polar surface area (TPSA) is 56.8 Å². The summed E-state index contributed by atoms with van der Waals surface area (Å²) in [5, 5.41) is 3.37. The Balaban J connectivity index is 1.89. The van der Waals surface area contributed by atoms with Gasteiger partial charge in [0.1, 0.15) is 11.6 Å². The summed E-state index contributed by atoms with van der Waals surface area (Å²) in [5.41, 5.74) is -0.497. The lowest BCUT2D eigenvalue weighted by Crippen LogP contribution is -2.55. The summed E-state index contributed by atoms with van der Waals surface area (Å²) in [5.74, 6) is 0.185. The number of likely N-dealkylation sites (N-methyl/N-ethyl adjacent to an activating group) is 1. The molecule has 1 aliphatic carbocycles. The van der Waals surface area contributed by atoms with E-state index in [1.807, 2.05) is 6.92 Å². The molecule has 1 N–H and O–H groups in total. The highest BCUT2D eigenvalue weighted by atomic mass is 16.6. The van der Waals surface area contributed by atoms with E-state index < -0.39 is 5.54 Å². The van der Waals surface area contributed by atoms with Crippen molar-refractivity contribution >= 4 is 5.97 Å². The fourth-order valence-corrected chi connectivity index (χ4v) is 3.23. The molecule has 1 aliphatic heterocycles. The van der Waals surface area contributed by atoms with Crippen LogP contribution < -0.4 is 5.32 Å². The first kappa shape index (κ1) is 14.8. The van der Waals surface area contributed by atoms with Crippen LogP contribution >= 0.6 is 0 Å². The van der Waals surface area contributed by atoms with Crippen molar-refractivity contribution in [2.45, 2.75) is 44.2 Å². The van der Waals surface area contributed by atoms with Crippen LogP contribution in [0.1, 0.15) is 32.6 Å². The molecule has 2 fully saturated rings. The Bertz CT molecular complexity index is 306. The van der Waals surface area contributed by atoms with Crippen LogP contribution in [0.25, 0.3) is 0 Å². The molecule has 0 spiro atoms. The Morgan fingerprint density at radius 3 is 2.84 bits per heavy atom. The standard InChI is InChI=1S/C14H25NO4/c1-3-15-14(13(16)17-2)7-4-5-11(14)6-8-19-12-9-18-10-12/h11-12,15H,3-10H2,1-2H3. The minimum absolute atomic E-state index is 0.121. The lowest BCUT2D eigenvalue weighted by molar-refractivity contribution is -0.152. The molecule has 1 heterocycles. The van der Waals surface area contributed by atoms with Crippen molar-refractivity contribution in [2.75, 3.05) is 33.5 Å². The molecule has 5 heteroatoms. The van der Waals surface area contributed by atoms with Gasteiger partial charge in [-0.3, -0.25) is 4.79 Å². The minimum Gasteiger partial charge on any atom is -0.468 e. The molecule has 0 radical (unpaired) electrons. The summed E-state index contributed by atoms with van der Waals surface area (Å²) in [6, 6.07) is 0. The van der Waals surface area contributed by atoms with Crippen LogP contribution in [0.4, 0.5) is 0 Å². The van der Waals surface area contributed by atoms with Gasteiger partial charge in [0, 0.05) is 6.61 Å². The molecule has 19 heavy (non-hydrogen) atoms. The van der Waals surface area contributed by atoms with Gasteiger partial charge < -0.3 is 19.5 Å². The first-order valence-electron chi connectivity index (χ1n) is 7.25. The molecule has 1 saturated carbocycles. The monoisotopic (exact) mass is 271 g/mol. The van der Waals surface area contributed by atoms with Crippen LogP contribution in [-0.4, -0.2) is 51.1 Å². The lowest BCUT2D eigenvalue weighted by Gasteiger charge is -2.34. The molecule has 2 rings (SSSR count). The zero-order valence-corrected chi connectivity index (χ0v) is 11.9. The number of methoxy groups -OCH3 is 1. The average Bonchev–Trinajstić information content (AvgIpc) is 2.76. The molecule has 5 nitrogen and oxygen atoms in total. The van der Waals surface area contributed by atoms with E-state index in [9.17, 15) is 4.79 Å². The zero-order chi connectivity index (χ0) is 13.7. The highest BCUT2D eigenvalue weighted by molar-refractivity contribution is 5.81. The summed E-state index contributed by atoms with van der Waals surface area (Å²) in [4.78, 5) is 12.2. The molecule has 0 amide bonds. The van der Waals surface area contributed by atoms with E-state index in [1.54, 1.807) is 0 Å². The van der Waals surface area contributed by atoms with Gasteiger partial charge in [0.25, 0.3) is 0 Å². The number of hydrogen-bond acceptors (Lipinski definition) is 5. The second-order valence-corrected chi connectivity index (χ2v) is 5.40. The largest absolute Gasteiger partial charge is 0.468 e. The number of hydrogen-bond donors (Lipinski definition) is 1. The SMILES string of the molecule is CCNC1(C(=O)OC)CCCC1CCOC1COC1. The maximum absolute atomic E-state index is 12.2. The Hall–Kier alpha value is -0.650. The molecule has 1 saturated heterocycles. The van der Waals surface area contributed by atoms with E-state index in [1.165, 1.54) is 7.11 Å². The van der Waals surface area contributed by atoms with Crippen LogP contribution in [0, 0.1) is 5.92 Å². The van der Waals surface area contributed by atoms with Crippen molar-refractivity contribution in [2.24, 2.45) is 5.92 Å². The third kappa shape index (κ3) is 3.09. The van der Waals surface area contributed by atoms with Crippen LogP contribution in [-0.2, 0) is 19.0 Å². The number of carbonyl (C=O) groups excluding carboxylic acids is 1. The van der Waals surface area contributed by atoms with E-state index in [4.69, 9.17) is 14.2 Å². The van der Waals surface area contributed by atoms with Crippen LogP contribution in [0.5, 0.6) is 0 Å². The predicted molar refractivity (Wildman–Crippen MR) is 70.9 cm³/mol. The molecule has 2 aliphatic rings. The summed E-state index contributed by atoms with van der Waals surface area (Å²) < 4.78 is 15.8. The first-order valence-corrected chi connectivity index (χ1v) is 7.25. The van der Waals surface area contributed by atoms with Crippen LogP contribution in [0.3, 0.4) is 0 Å². The molecule has 0 bridgehead atoms. The maximum atomic E-state index is 12.2. The summed E-state index contributed by atoms with van der Waals surface area (Å²) in [6.07, 6.45) is 4.16. The fourth-order valence-electron chi connectivity index (χ4n) is 3.23. The Morgan fingerprint density at radius 1 is 1.47 bits per heavy atom. The van der Waals surface area contributed by atoms with Gasteiger partial charge in [0.15, 0.2) is 0 Å². The van der Waals surface area contributed by atoms with Crippen LogP contribution in [0.15, 0.2) is 0 Å². The fraction of sp³-hybridized carbons (Fsp3) is 0.929. The number of nitrogens with one attached hydrogen (secondary N) is 1. The summed E-state index contributed by atoms with van der Waals surface area (Å²) in [7, 11) is 1.47. The zero-order valence-electron chi connectivity index (χ0n) is 11.9. The average molecular weight is 271 g/mol. The first-order chi connectivity index (χ1) is 9.23. The van der Waals surface area contributed by atoms with Crippen molar-refractivity contribution < 1.29 is 19.0 Å². The molecule has 110 valence electrons. The highest BCUT2D eigenvalue weighted by Gasteiger charge is 2.49. The minimum atomic E-state index is -0.497. The second kappa shape index (κ2) is 6.68. The van der Waals surface area contributed by atoms with Gasteiger partial charge >= 0.3 is 5.97 Å². The van der Waals surface area contributed by atoms with Crippen molar-refractivity contribution in [3.63, 3.8) is 0 Å². The third-order valence-corrected chi connectivity index (χ3v) is 4.29. The predicted octanol–water partition coefficient (Wildman–Crippen LogP) is 1.11. The molecule has 0 aromatic rings. The van der Waals surface area contributed by atoms with Crippen molar-refractivity contribution in [1.82, 2.24) is 5.32 Å². The van der Waals surface area contributed by atoms with E-state index in [2.05, 4.69) is 5.32 Å². The van der Waals surface area contributed by atoms with Gasteiger partial charge in [-0.15, -0.1) is 0 Å². The highest BCUT2D eigenvalue weighted by Crippen LogP contribution is 2.39. The molecule has 0 aromatic heterocycles. The lowest BCUT2D eigenvalue weighted by atomic mass is 9.84. The number of ether oxygens (including phenoxy) is 3. The molecular weight excluding hydrogens is 246 g/mol. The van der Waals surface area contributed by atoms with E-state index >= 15 is 0 Å². The Kier molecular flexibility index (Phi) is 5.19. The molecule has 0 aromatic carbocycles. The van der Waals surface area contributed by atoms with Gasteiger partial charge in [0.05, 0.1) is 20.3 Å². The molecule has 2 unspecified atom stereocenters.